The van der Waals surface area contributed by atoms with E-state index in [4.69, 9.17) is 69.6 Å². The van der Waals surface area contributed by atoms with Gasteiger partial charge in [0.25, 0.3) is 0 Å². The average Bonchev–Trinajstić information content (AvgIpc) is 1.86. The van der Waals surface area contributed by atoms with Crippen LogP contribution in [-0.2, 0) is 0 Å². The smallest absolute Gasteiger partial charge is 0.0932 e. The molecular weight excluding hydrogens is 273 g/mol. The molecule has 0 aliphatic carbocycles. The van der Waals surface area contributed by atoms with Crippen molar-refractivity contribution in [2.24, 2.45) is 0 Å². The average molecular weight is 275 g/mol. The van der Waals surface area contributed by atoms with Crippen molar-refractivity contribution in [3.05, 3.63) is 21.1 Å². The summed E-state index contributed by atoms with van der Waals surface area (Å²) in [6.45, 7) is 0. The molecule has 6 heteroatoms. The summed E-state index contributed by atoms with van der Waals surface area (Å²) in [6, 6.07) is 0. The van der Waals surface area contributed by atoms with Crippen LogP contribution in [0.5, 0.6) is 0 Å². The van der Waals surface area contributed by atoms with E-state index >= 15 is 0 Å². The van der Waals surface area contributed by atoms with Gasteiger partial charge in [-0.3, -0.25) is 0 Å². The first-order chi connectivity index (χ1) is 4.91. The Labute approximate surface area is 94.6 Å². The summed E-state index contributed by atoms with van der Waals surface area (Å²) < 4.78 is -1.64. The first-order valence-corrected chi connectivity index (χ1v) is 4.61. The van der Waals surface area contributed by atoms with E-state index in [0.29, 0.717) is 0 Å². The molecule has 0 amide bonds. The van der Waals surface area contributed by atoms with Crippen molar-refractivity contribution in [2.75, 3.05) is 0 Å². The van der Waals surface area contributed by atoms with Crippen LogP contribution >= 0.6 is 69.6 Å². The van der Waals surface area contributed by atoms with Gasteiger partial charge in [0, 0.05) is 5.54 Å². The van der Waals surface area contributed by atoms with Gasteiger partial charge in [0.05, 0.1) is 5.03 Å². The van der Waals surface area contributed by atoms with E-state index in [2.05, 4.69) is 0 Å². The highest BCUT2D eigenvalue weighted by Crippen LogP contribution is 2.38. The first kappa shape index (κ1) is 12.2. The van der Waals surface area contributed by atoms with Crippen LogP contribution in [0, 0.1) is 0 Å². The van der Waals surface area contributed by atoms with Crippen LogP contribution < -0.4 is 0 Å². The number of hydrogen-bond acceptors (Lipinski definition) is 0. The van der Waals surface area contributed by atoms with Crippen LogP contribution in [0.15, 0.2) is 21.1 Å². The molecule has 0 nitrogen and oxygen atoms in total. The van der Waals surface area contributed by atoms with Gasteiger partial charge >= 0.3 is 0 Å². The Hall–Kier alpha value is 1.22. The summed E-state index contributed by atoms with van der Waals surface area (Å²) in [6.07, 6.45) is 1.24. The topological polar surface area (TPSA) is 0 Å². The third-order valence-electron chi connectivity index (χ3n) is 0.731. The molecule has 0 saturated heterocycles. The monoisotopic (exact) mass is 272 g/mol. The minimum Gasteiger partial charge on any atom is -0.0932 e. The van der Waals surface area contributed by atoms with Crippen molar-refractivity contribution >= 4 is 69.6 Å². The van der Waals surface area contributed by atoms with Crippen molar-refractivity contribution < 1.29 is 0 Å². The van der Waals surface area contributed by atoms with Gasteiger partial charge in [0.15, 0.2) is 4.33 Å². The molecule has 0 aromatic rings. The molecule has 64 valence electrons. The van der Waals surface area contributed by atoms with E-state index in [-0.39, 0.29) is 9.52 Å². The minimum absolute atomic E-state index is 0.0823. The van der Waals surface area contributed by atoms with E-state index in [9.17, 15) is 0 Å². The maximum Gasteiger partial charge on any atom is 0.175 e. The second-order valence-electron chi connectivity index (χ2n) is 1.49. The van der Waals surface area contributed by atoms with Crippen LogP contribution in [0.4, 0.5) is 0 Å². The third kappa shape index (κ3) is 4.12. The maximum absolute atomic E-state index is 5.62. The molecule has 0 atom stereocenters. The minimum atomic E-state index is -1.46. The Morgan fingerprint density at radius 1 is 1.09 bits per heavy atom. The predicted molar refractivity (Wildman–Crippen MR) is 54.0 cm³/mol. The van der Waals surface area contributed by atoms with Gasteiger partial charge < -0.3 is 0 Å². The van der Waals surface area contributed by atoms with Gasteiger partial charge in [-0.05, 0) is 6.08 Å². The normalized spacial score (nSPS) is 12.2. The second-order valence-corrected chi connectivity index (χ2v) is 4.46. The fourth-order valence-electron chi connectivity index (χ4n) is 0.278. The van der Waals surface area contributed by atoms with Gasteiger partial charge in [0.2, 0.25) is 0 Å². The summed E-state index contributed by atoms with van der Waals surface area (Å²) in [4.78, 5) is 0. The maximum atomic E-state index is 5.62. The van der Waals surface area contributed by atoms with Gasteiger partial charge in [-0.15, -0.1) is 0 Å². The highest BCUT2D eigenvalue weighted by atomic mass is 35.5. The van der Waals surface area contributed by atoms with E-state index in [1.54, 1.807) is 0 Å². The van der Waals surface area contributed by atoms with Gasteiger partial charge in [-0.2, -0.15) is 0 Å². The van der Waals surface area contributed by atoms with Crippen LogP contribution in [0.25, 0.3) is 0 Å². The van der Waals surface area contributed by atoms with Crippen molar-refractivity contribution in [1.29, 1.82) is 0 Å². The summed E-state index contributed by atoms with van der Waals surface area (Å²) in [5.41, 5.74) is 1.12. The molecule has 0 bridgehead atoms. The standard InChI is InChI=1S/C5H2Cl6/c6-2-1-5(10,11)3(7)4(8)9/h1-2H. The lowest BCUT2D eigenvalue weighted by Gasteiger charge is -2.12. The van der Waals surface area contributed by atoms with Crippen LogP contribution in [-0.4, -0.2) is 4.33 Å². The largest absolute Gasteiger partial charge is 0.175 e. The lowest BCUT2D eigenvalue weighted by molar-refractivity contribution is 1.24. The molecule has 0 heterocycles. The fraction of sp³-hybridized carbons (Fsp3) is 0.200. The van der Waals surface area contributed by atoms with Crippen LogP contribution in [0.3, 0.4) is 0 Å². The lowest BCUT2D eigenvalue weighted by Crippen LogP contribution is -2.08. The van der Waals surface area contributed by atoms with Gasteiger partial charge in [-0.1, -0.05) is 69.6 Å². The summed E-state index contributed by atoms with van der Waals surface area (Å²) in [5.74, 6) is 0. The Bertz CT molecular complexity index is 187. The molecule has 0 aromatic carbocycles. The second kappa shape index (κ2) is 5.06. The van der Waals surface area contributed by atoms with E-state index in [1.165, 1.54) is 6.08 Å². The van der Waals surface area contributed by atoms with Crippen molar-refractivity contribution in [2.45, 2.75) is 4.33 Å². The summed E-state index contributed by atoms with van der Waals surface area (Å²) in [7, 11) is 0. The first-order valence-electron chi connectivity index (χ1n) is 2.29. The zero-order valence-electron chi connectivity index (χ0n) is 4.92. The molecule has 0 radical (unpaired) electrons. The molecule has 0 aliphatic heterocycles. The predicted octanol–water partition coefficient (Wildman–Crippen LogP) is 4.80. The molecule has 0 aromatic heterocycles. The van der Waals surface area contributed by atoms with Crippen molar-refractivity contribution in [3.63, 3.8) is 0 Å². The molecule has 0 rings (SSSR count). The number of allylic oxidation sites excluding steroid dienone is 2. The van der Waals surface area contributed by atoms with E-state index in [1.807, 2.05) is 0 Å². The van der Waals surface area contributed by atoms with E-state index < -0.39 is 4.33 Å². The highest BCUT2D eigenvalue weighted by Gasteiger charge is 2.26. The zero-order chi connectivity index (χ0) is 9.07. The molecule has 0 fully saturated rings. The summed E-state index contributed by atoms with van der Waals surface area (Å²) >= 11 is 32.6. The van der Waals surface area contributed by atoms with Crippen LogP contribution in [0.1, 0.15) is 0 Å². The SMILES string of the molecule is ClC=CC(Cl)(Cl)C(Cl)=C(Cl)Cl. The molecule has 0 saturated carbocycles. The van der Waals surface area contributed by atoms with Gasteiger partial charge in [-0.25, -0.2) is 0 Å². The van der Waals surface area contributed by atoms with E-state index in [0.717, 1.165) is 5.54 Å². The van der Waals surface area contributed by atoms with Gasteiger partial charge in [0.1, 0.15) is 4.49 Å². The molecule has 0 unspecified atom stereocenters. The number of halogens is 6. The fourth-order valence-corrected chi connectivity index (χ4v) is 1.47. The Morgan fingerprint density at radius 3 is 1.82 bits per heavy atom. The third-order valence-corrected chi connectivity index (χ3v) is 2.74. The molecule has 0 N–H and O–H groups in total. The quantitative estimate of drug-likeness (QED) is 0.635. The lowest BCUT2D eigenvalue weighted by atomic mass is 10.4. The Kier molecular flexibility index (Phi) is 5.62. The Balaban J connectivity index is 4.70. The van der Waals surface area contributed by atoms with Crippen molar-refractivity contribution in [1.82, 2.24) is 0 Å². The highest BCUT2D eigenvalue weighted by molar-refractivity contribution is 6.64. The number of alkyl halides is 2. The summed E-state index contributed by atoms with van der Waals surface area (Å²) in [5, 5.41) is -0.0823. The number of hydrogen-bond donors (Lipinski definition) is 0. The molecule has 0 aliphatic rings. The zero-order valence-corrected chi connectivity index (χ0v) is 9.46. The number of rotatable bonds is 2. The molecule has 11 heavy (non-hydrogen) atoms. The molecule has 0 spiro atoms. The van der Waals surface area contributed by atoms with Crippen LogP contribution in [0.2, 0.25) is 0 Å². The Morgan fingerprint density at radius 2 is 1.55 bits per heavy atom. The van der Waals surface area contributed by atoms with Crippen molar-refractivity contribution in [3.8, 4) is 0 Å². The molecular formula is C5H2Cl6.